The van der Waals surface area contributed by atoms with Gasteiger partial charge in [0.05, 0.1) is 17.2 Å². The maximum atomic E-state index is 13.7. The minimum atomic E-state index is -4.77. The summed E-state index contributed by atoms with van der Waals surface area (Å²) in [6.45, 7) is -0.934. The van der Waals surface area contributed by atoms with E-state index in [1.54, 1.807) is 0 Å². The molecule has 4 aromatic rings. The SMILES string of the molecule is OC(CN(Cc1ccccc1SC(F)(F)F)c1cccc(OCc2cccc(C(F)(F)F)c2)c1)c1ccccc1C(F)(F)F. The molecule has 13 heteroatoms. The van der Waals surface area contributed by atoms with Crippen molar-refractivity contribution in [1.82, 2.24) is 0 Å². The van der Waals surface area contributed by atoms with E-state index in [0.29, 0.717) is 0 Å². The third kappa shape index (κ3) is 9.08. The lowest BCUT2D eigenvalue weighted by molar-refractivity contribution is -0.139. The van der Waals surface area contributed by atoms with Crippen molar-refractivity contribution in [3.8, 4) is 5.75 Å². The molecule has 234 valence electrons. The Balaban J connectivity index is 1.65. The lowest BCUT2D eigenvalue weighted by Gasteiger charge is -2.29. The van der Waals surface area contributed by atoms with E-state index in [4.69, 9.17) is 4.74 Å². The molecule has 0 fully saturated rings. The van der Waals surface area contributed by atoms with E-state index in [-0.39, 0.29) is 52.4 Å². The summed E-state index contributed by atoms with van der Waals surface area (Å²) in [5.41, 5.74) is -6.24. The highest BCUT2D eigenvalue weighted by Gasteiger charge is 2.35. The second-order valence-corrected chi connectivity index (χ2v) is 10.7. The van der Waals surface area contributed by atoms with Crippen LogP contribution >= 0.6 is 11.8 Å². The molecule has 0 radical (unpaired) electrons. The minimum Gasteiger partial charge on any atom is -0.489 e. The summed E-state index contributed by atoms with van der Waals surface area (Å²) in [4.78, 5) is 1.28. The summed E-state index contributed by atoms with van der Waals surface area (Å²) in [5.74, 6) is 0.174. The predicted molar refractivity (Wildman–Crippen MR) is 148 cm³/mol. The summed E-state index contributed by atoms with van der Waals surface area (Å²) in [7, 11) is 0. The van der Waals surface area contributed by atoms with Gasteiger partial charge in [-0.15, -0.1) is 0 Å². The molecule has 0 amide bonds. The molecule has 44 heavy (non-hydrogen) atoms. The maximum Gasteiger partial charge on any atom is 0.446 e. The Labute approximate surface area is 250 Å². The molecule has 0 saturated heterocycles. The highest BCUT2D eigenvalue weighted by atomic mass is 32.2. The third-order valence-corrected chi connectivity index (χ3v) is 7.27. The minimum absolute atomic E-state index is 0.132. The highest BCUT2D eigenvalue weighted by molar-refractivity contribution is 8.00. The van der Waals surface area contributed by atoms with Crippen LogP contribution in [0.4, 0.5) is 45.2 Å². The Morgan fingerprint density at radius 1 is 0.727 bits per heavy atom. The number of ether oxygens (including phenoxy) is 1. The van der Waals surface area contributed by atoms with Crippen molar-refractivity contribution in [2.45, 2.75) is 42.0 Å². The molecule has 0 aromatic heterocycles. The summed E-state index contributed by atoms with van der Waals surface area (Å²) < 4.78 is 126. The van der Waals surface area contributed by atoms with Gasteiger partial charge < -0.3 is 14.7 Å². The molecule has 4 rings (SSSR count). The lowest BCUT2D eigenvalue weighted by atomic mass is 10.0. The second-order valence-electron chi connectivity index (χ2n) is 9.62. The van der Waals surface area contributed by atoms with Crippen molar-refractivity contribution in [3.63, 3.8) is 0 Å². The van der Waals surface area contributed by atoms with Gasteiger partial charge in [0.1, 0.15) is 12.4 Å². The van der Waals surface area contributed by atoms with E-state index in [2.05, 4.69) is 0 Å². The maximum absolute atomic E-state index is 13.7. The number of alkyl halides is 9. The predicted octanol–water partition coefficient (Wildman–Crippen LogP) is 9.66. The van der Waals surface area contributed by atoms with Crippen LogP contribution in [0.5, 0.6) is 5.75 Å². The van der Waals surface area contributed by atoms with Crippen LogP contribution in [0.3, 0.4) is 0 Å². The van der Waals surface area contributed by atoms with Crippen LogP contribution in [-0.2, 0) is 25.5 Å². The van der Waals surface area contributed by atoms with Gasteiger partial charge in [-0.2, -0.15) is 39.5 Å². The first kappa shape index (κ1) is 33.1. The van der Waals surface area contributed by atoms with Crippen LogP contribution in [0.15, 0.2) is 102 Å². The number of hydrogen-bond acceptors (Lipinski definition) is 4. The molecule has 0 aliphatic rings. The lowest BCUT2D eigenvalue weighted by Crippen LogP contribution is -2.29. The fraction of sp³-hybridized carbons (Fsp3) is 0.226. The molecule has 0 heterocycles. The van der Waals surface area contributed by atoms with Crippen LogP contribution in [0.2, 0.25) is 0 Å². The molecule has 0 saturated carbocycles. The molecule has 1 N–H and O–H groups in total. The molecule has 0 aliphatic carbocycles. The van der Waals surface area contributed by atoms with E-state index < -0.39 is 47.2 Å². The van der Waals surface area contributed by atoms with Gasteiger partial charge in [0, 0.05) is 29.7 Å². The number of halogens is 9. The second kappa shape index (κ2) is 13.4. The van der Waals surface area contributed by atoms with E-state index in [9.17, 15) is 44.6 Å². The van der Waals surface area contributed by atoms with Crippen molar-refractivity contribution >= 4 is 17.4 Å². The number of nitrogens with zero attached hydrogens (tertiary/aromatic N) is 1. The summed E-state index contributed by atoms with van der Waals surface area (Å²) in [5, 5.41) is 11.0. The fourth-order valence-electron chi connectivity index (χ4n) is 4.45. The van der Waals surface area contributed by atoms with Gasteiger partial charge in [0.2, 0.25) is 0 Å². The van der Waals surface area contributed by atoms with Crippen molar-refractivity contribution < 1.29 is 49.4 Å². The van der Waals surface area contributed by atoms with Crippen LogP contribution in [0.25, 0.3) is 0 Å². The first-order chi connectivity index (χ1) is 20.6. The van der Waals surface area contributed by atoms with Gasteiger partial charge in [0.15, 0.2) is 0 Å². The van der Waals surface area contributed by atoms with Gasteiger partial charge in [-0.25, -0.2) is 0 Å². The number of benzene rings is 4. The first-order valence-corrected chi connectivity index (χ1v) is 13.7. The van der Waals surface area contributed by atoms with Crippen LogP contribution < -0.4 is 9.64 Å². The molecule has 0 spiro atoms. The number of aliphatic hydroxyl groups excluding tert-OH is 1. The normalized spacial score (nSPS) is 13.0. The molecule has 0 bridgehead atoms. The summed E-state index contributed by atoms with van der Waals surface area (Å²) in [6.07, 6.45) is -11.0. The Morgan fingerprint density at radius 3 is 2.11 bits per heavy atom. The van der Waals surface area contributed by atoms with Crippen molar-refractivity contribution in [2.24, 2.45) is 0 Å². The zero-order valence-electron chi connectivity index (χ0n) is 22.5. The number of hydrogen-bond donors (Lipinski definition) is 1. The van der Waals surface area contributed by atoms with Gasteiger partial charge >= 0.3 is 17.9 Å². The standard InChI is InChI=1S/C31H24F9NO2S/c32-29(33,34)22-9-5-7-20(15-22)19-43-24-11-6-10-23(16-24)41(17-21-8-1-4-14-28(21)44-31(38,39)40)18-27(42)25-12-2-3-13-26(25)30(35,36)37/h1-16,27,42H,17-19H2. The highest BCUT2D eigenvalue weighted by Crippen LogP contribution is 2.40. The smallest absolute Gasteiger partial charge is 0.446 e. The number of rotatable bonds is 10. The van der Waals surface area contributed by atoms with Crippen molar-refractivity contribution in [3.05, 3.63) is 125 Å². The van der Waals surface area contributed by atoms with Gasteiger partial charge in [0.25, 0.3) is 0 Å². The van der Waals surface area contributed by atoms with E-state index in [1.165, 1.54) is 77.7 Å². The molecule has 3 nitrogen and oxygen atoms in total. The topological polar surface area (TPSA) is 32.7 Å². The Hall–Kier alpha value is -3.84. The Morgan fingerprint density at radius 2 is 1.41 bits per heavy atom. The number of aliphatic hydroxyl groups is 1. The summed E-state index contributed by atoms with van der Waals surface area (Å²) >= 11 is -0.345. The van der Waals surface area contributed by atoms with E-state index in [1.807, 2.05) is 0 Å². The molecular formula is C31H24F9NO2S. The quantitative estimate of drug-likeness (QED) is 0.138. The van der Waals surface area contributed by atoms with Crippen LogP contribution in [-0.4, -0.2) is 17.2 Å². The van der Waals surface area contributed by atoms with Gasteiger partial charge in [-0.3, -0.25) is 0 Å². The monoisotopic (exact) mass is 645 g/mol. The van der Waals surface area contributed by atoms with Gasteiger partial charge in [-0.05, 0) is 64.9 Å². The summed E-state index contributed by atoms with van der Waals surface area (Å²) in [6, 6.07) is 20.6. The number of thioether (sulfide) groups is 1. The number of anilines is 1. The zero-order valence-corrected chi connectivity index (χ0v) is 23.4. The largest absolute Gasteiger partial charge is 0.489 e. The van der Waals surface area contributed by atoms with Crippen molar-refractivity contribution in [1.29, 1.82) is 0 Å². The molecule has 0 aliphatic heterocycles. The van der Waals surface area contributed by atoms with E-state index >= 15 is 0 Å². The van der Waals surface area contributed by atoms with Crippen LogP contribution in [0.1, 0.15) is 33.9 Å². The molecular weight excluding hydrogens is 621 g/mol. The zero-order chi connectivity index (χ0) is 32.1. The Kier molecular flexibility index (Phi) is 10.1. The molecule has 4 aromatic carbocycles. The molecule has 1 unspecified atom stereocenters. The first-order valence-electron chi connectivity index (χ1n) is 12.9. The third-order valence-electron chi connectivity index (χ3n) is 6.42. The fourth-order valence-corrected chi connectivity index (χ4v) is 5.11. The van der Waals surface area contributed by atoms with Crippen LogP contribution in [0, 0.1) is 0 Å². The average Bonchev–Trinajstić information content (AvgIpc) is 2.95. The van der Waals surface area contributed by atoms with E-state index in [0.717, 1.165) is 24.3 Å². The molecule has 1 atom stereocenters. The van der Waals surface area contributed by atoms with Gasteiger partial charge in [-0.1, -0.05) is 54.6 Å². The average molecular weight is 646 g/mol. The van der Waals surface area contributed by atoms with Crippen molar-refractivity contribution in [2.75, 3.05) is 11.4 Å². The Bertz CT molecular complexity index is 1550.